The van der Waals surface area contributed by atoms with E-state index in [1.165, 1.54) is 0 Å². The molecule has 0 aliphatic heterocycles. The Balaban J connectivity index is 2.34. The summed E-state index contributed by atoms with van der Waals surface area (Å²) in [6, 6.07) is 7.06. The molecule has 0 heterocycles. The van der Waals surface area contributed by atoms with Gasteiger partial charge in [0.25, 0.3) is 0 Å². The van der Waals surface area contributed by atoms with Gasteiger partial charge >= 0.3 is 48.6 Å². The summed E-state index contributed by atoms with van der Waals surface area (Å²) in [6.07, 6.45) is -21.6. The molecule has 0 bridgehead atoms. The predicted octanol–water partition coefficient (Wildman–Crippen LogP) is 8.60. The number of carbonyl (C=O) groups is 4. The Labute approximate surface area is 281 Å². The molecular weight excluding hydrogens is 740 g/mol. The molecule has 0 unspecified atom stereocenters. The third kappa shape index (κ3) is 9.17. The van der Waals surface area contributed by atoms with Crippen LogP contribution in [0.3, 0.4) is 0 Å². The number of fused-ring (bicyclic) bond motifs is 1. The van der Waals surface area contributed by atoms with Crippen LogP contribution in [-0.4, -0.2) is 48.6 Å². The Bertz CT molecular complexity index is 2030. The maximum Gasteiger partial charge on any atom is 0.422 e. The summed E-state index contributed by atoms with van der Waals surface area (Å²) in [4.78, 5) is 49.2. The lowest BCUT2D eigenvalue weighted by Gasteiger charge is -2.19. The summed E-state index contributed by atoms with van der Waals surface area (Å²) in [5.74, 6) is -13.5. The van der Waals surface area contributed by atoms with Crippen LogP contribution in [0.2, 0.25) is 0 Å². The zero-order valence-electron chi connectivity index (χ0n) is 25.2. The van der Waals surface area contributed by atoms with Gasteiger partial charge in [-0.25, -0.2) is 19.2 Å². The summed E-state index contributed by atoms with van der Waals surface area (Å²) < 4.78 is 177. The predicted molar refractivity (Wildman–Crippen MR) is 153 cm³/mol. The lowest BCUT2D eigenvalue weighted by molar-refractivity contribution is -0.145. The summed E-state index contributed by atoms with van der Waals surface area (Å²) >= 11 is 0. The average Bonchev–Trinajstić information content (AvgIpc) is 3.02. The number of hydrogen-bond acceptors (Lipinski definition) is 8. The fraction of sp³-hybridized carbons (Fsp3) is 0.125. The summed E-state index contributed by atoms with van der Waals surface area (Å²) in [5, 5.41) is -0.607. The molecule has 276 valence electrons. The Hall–Kier alpha value is -6.08. The van der Waals surface area contributed by atoms with Crippen LogP contribution in [0.15, 0.2) is 97.1 Å². The molecule has 3 aromatic rings. The van der Waals surface area contributed by atoms with E-state index in [-0.39, 0.29) is 16.3 Å². The normalized spacial score (nSPS) is 12.1. The lowest BCUT2D eigenvalue weighted by atomic mass is 9.96. The quantitative estimate of drug-likeness (QED) is 0.0926. The molecule has 8 nitrogen and oxygen atoms in total. The van der Waals surface area contributed by atoms with Crippen molar-refractivity contribution in [2.45, 2.75) is 24.7 Å². The number of rotatable bonds is 9. The lowest BCUT2D eigenvalue weighted by Crippen LogP contribution is -2.25. The Kier molecular flexibility index (Phi) is 11.1. The van der Waals surface area contributed by atoms with Crippen LogP contribution < -0.4 is 18.9 Å². The van der Waals surface area contributed by atoms with Crippen LogP contribution in [0.1, 0.15) is 0 Å². The zero-order valence-corrected chi connectivity index (χ0v) is 25.2. The fourth-order valence-electron chi connectivity index (χ4n) is 3.69. The minimum Gasteiger partial charge on any atom is -0.419 e. The van der Waals surface area contributed by atoms with E-state index < -0.39 is 99.4 Å². The molecule has 0 aliphatic rings. The van der Waals surface area contributed by atoms with Crippen molar-refractivity contribution in [1.82, 2.24) is 0 Å². The fourth-order valence-corrected chi connectivity index (χ4v) is 3.69. The van der Waals surface area contributed by atoms with Gasteiger partial charge in [0, 0.05) is 5.56 Å². The number of ether oxygens (including phenoxy) is 4. The van der Waals surface area contributed by atoms with Gasteiger partial charge in [-0.1, -0.05) is 56.6 Å². The maximum atomic E-state index is 13.3. The second-order valence-corrected chi connectivity index (χ2v) is 9.92. The Morgan fingerprint density at radius 1 is 0.442 bits per heavy atom. The van der Waals surface area contributed by atoms with Gasteiger partial charge in [0.15, 0.2) is 23.0 Å². The van der Waals surface area contributed by atoms with Crippen molar-refractivity contribution in [3.63, 3.8) is 0 Å². The van der Waals surface area contributed by atoms with E-state index in [2.05, 4.69) is 40.5 Å². The van der Waals surface area contributed by atoms with Gasteiger partial charge in [-0.05, 0) is 34.5 Å². The minimum atomic E-state index is -5.42. The molecule has 3 rings (SSSR count). The summed E-state index contributed by atoms with van der Waals surface area (Å²) in [6.45, 7) is 10.1. The standard InChI is InChI=1S/C32H16F12O8/c1-13(29(33,34)35)25(45)49-21-10-6-9-19(24(21)52-28(48)16(4)32(42,43)44)18-8-5-7-17-11-22(50-26(46)14(2)30(36,37)38)23(12-20(17)18)51-27(47)15(3)31(39,40)41/h5-12H,1-4H2. The van der Waals surface area contributed by atoms with Gasteiger partial charge in [-0.3, -0.25) is 0 Å². The molecule has 0 saturated carbocycles. The van der Waals surface area contributed by atoms with E-state index in [0.29, 0.717) is 18.2 Å². The number of hydrogen-bond donors (Lipinski definition) is 0. The van der Waals surface area contributed by atoms with Gasteiger partial charge < -0.3 is 18.9 Å². The average molecular weight is 756 g/mol. The van der Waals surface area contributed by atoms with Crippen LogP contribution in [-0.2, 0) is 19.2 Å². The second-order valence-electron chi connectivity index (χ2n) is 9.92. The number of esters is 4. The van der Waals surface area contributed by atoms with Gasteiger partial charge in [0.05, 0.1) is 0 Å². The number of alkyl halides is 12. The van der Waals surface area contributed by atoms with Crippen molar-refractivity contribution < 1.29 is 90.8 Å². The topological polar surface area (TPSA) is 105 Å². The molecule has 0 saturated heterocycles. The third-order valence-electron chi connectivity index (χ3n) is 6.37. The van der Waals surface area contributed by atoms with Gasteiger partial charge in [-0.2, -0.15) is 52.7 Å². The molecular formula is C32H16F12O8. The maximum absolute atomic E-state index is 13.3. The molecule has 0 spiro atoms. The van der Waals surface area contributed by atoms with Gasteiger partial charge in [0.1, 0.15) is 22.3 Å². The van der Waals surface area contributed by atoms with Crippen molar-refractivity contribution in [3.8, 4) is 34.1 Å². The second kappa shape index (κ2) is 14.3. The van der Waals surface area contributed by atoms with Crippen molar-refractivity contribution >= 4 is 34.6 Å². The number of benzene rings is 3. The SMILES string of the molecule is C=C(C(=O)Oc1cc2cccc(-c3cccc(OC(=O)C(=C)C(F)(F)F)c3OC(=O)C(=C)C(F)(F)F)c2cc1OC(=O)C(=C)C(F)(F)F)C(F)(F)F. The smallest absolute Gasteiger partial charge is 0.419 e. The first-order valence-electron chi connectivity index (χ1n) is 13.3. The minimum absolute atomic E-state index is 0.239. The van der Waals surface area contributed by atoms with Gasteiger partial charge in [0.2, 0.25) is 0 Å². The van der Waals surface area contributed by atoms with Crippen LogP contribution in [0, 0.1) is 0 Å². The molecule has 20 heteroatoms. The van der Waals surface area contributed by atoms with Gasteiger partial charge in [-0.15, -0.1) is 0 Å². The van der Waals surface area contributed by atoms with E-state index >= 15 is 0 Å². The Morgan fingerprint density at radius 3 is 1.21 bits per heavy atom. The molecule has 0 aliphatic carbocycles. The van der Waals surface area contributed by atoms with Crippen molar-refractivity contribution in [2.75, 3.05) is 0 Å². The van der Waals surface area contributed by atoms with Crippen molar-refractivity contribution in [3.05, 3.63) is 97.1 Å². The summed E-state index contributed by atoms with van der Waals surface area (Å²) in [7, 11) is 0. The first kappa shape index (κ1) is 40.4. The van der Waals surface area contributed by atoms with Crippen LogP contribution in [0.25, 0.3) is 21.9 Å². The highest BCUT2D eigenvalue weighted by atomic mass is 19.4. The molecule has 0 fully saturated rings. The molecule has 0 N–H and O–H groups in total. The van der Waals surface area contributed by atoms with E-state index in [1.807, 2.05) is 0 Å². The highest BCUT2D eigenvalue weighted by molar-refractivity contribution is 6.03. The number of halogens is 12. The molecule has 3 aromatic carbocycles. The summed E-state index contributed by atoms with van der Waals surface area (Å²) in [5.41, 5.74) is -9.49. The molecule has 0 radical (unpaired) electrons. The van der Waals surface area contributed by atoms with Crippen LogP contribution in [0.5, 0.6) is 23.0 Å². The Morgan fingerprint density at radius 2 is 0.788 bits per heavy atom. The zero-order chi connectivity index (χ0) is 39.7. The number of para-hydroxylation sites is 1. The van der Waals surface area contributed by atoms with Crippen LogP contribution in [0.4, 0.5) is 52.7 Å². The molecule has 0 amide bonds. The number of carbonyl (C=O) groups excluding carboxylic acids is 4. The molecule has 0 aromatic heterocycles. The van der Waals surface area contributed by atoms with E-state index in [4.69, 9.17) is 4.74 Å². The van der Waals surface area contributed by atoms with E-state index in [1.54, 1.807) is 0 Å². The first-order chi connectivity index (χ1) is 23.6. The monoisotopic (exact) mass is 756 g/mol. The molecule has 52 heavy (non-hydrogen) atoms. The molecule has 0 atom stereocenters. The highest BCUT2D eigenvalue weighted by Gasteiger charge is 2.42. The third-order valence-corrected chi connectivity index (χ3v) is 6.37. The van der Waals surface area contributed by atoms with E-state index in [0.717, 1.165) is 30.3 Å². The van der Waals surface area contributed by atoms with Crippen molar-refractivity contribution in [2.24, 2.45) is 0 Å². The first-order valence-corrected chi connectivity index (χ1v) is 13.3. The van der Waals surface area contributed by atoms with E-state index in [9.17, 15) is 71.9 Å². The van der Waals surface area contributed by atoms with Crippen LogP contribution >= 0.6 is 0 Å². The van der Waals surface area contributed by atoms with Crippen molar-refractivity contribution in [1.29, 1.82) is 0 Å². The highest BCUT2D eigenvalue weighted by Crippen LogP contribution is 2.45. The largest absolute Gasteiger partial charge is 0.422 e.